The standard InChI is InChI=1S/C21H23FN2O.C2HF3O2/c1-3-8-19-21(17-10-5-6-11-18(17)22)23-15-24(19)14-13-16-9-4-7-12-20(16)25-2;3-2(4,5)1(6)7/h4-7,9-12,15H,3,8,13-14H2,1-2H3;(H,6,7). The van der Waals surface area contributed by atoms with Crippen molar-refractivity contribution < 1.29 is 32.2 Å². The molecule has 2 aromatic carbocycles. The highest BCUT2D eigenvalue weighted by atomic mass is 19.4. The van der Waals surface area contributed by atoms with Crippen molar-refractivity contribution in [3.05, 3.63) is 71.9 Å². The van der Waals surface area contributed by atoms with Crippen molar-refractivity contribution >= 4 is 5.97 Å². The summed E-state index contributed by atoms with van der Waals surface area (Å²) in [7, 11) is 1.69. The quantitative estimate of drug-likeness (QED) is 0.479. The molecule has 0 atom stereocenters. The number of ether oxygens (including phenoxy) is 1. The number of nitrogens with zero attached hydrogens (tertiary/aromatic N) is 2. The van der Waals surface area contributed by atoms with Crippen LogP contribution in [-0.2, 0) is 24.2 Å². The number of hydrogen-bond acceptors (Lipinski definition) is 3. The molecule has 0 radical (unpaired) electrons. The molecular formula is C23H24F4N2O3. The number of aliphatic carboxylic acids is 1. The van der Waals surface area contributed by atoms with E-state index >= 15 is 0 Å². The summed E-state index contributed by atoms with van der Waals surface area (Å²) in [5.41, 5.74) is 3.57. The van der Waals surface area contributed by atoms with Crippen molar-refractivity contribution in [2.24, 2.45) is 0 Å². The minimum absolute atomic E-state index is 0.227. The van der Waals surface area contributed by atoms with Crippen molar-refractivity contribution in [1.82, 2.24) is 9.55 Å². The fourth-order valence-corrected chi connectivity index (χ4v) is 3.13. The predicted octanol–water partition coefficient (Wildman–Crippen LogP) is 5.53. The summed E-state index contributed by atoms with van der Waals surface area (Å²) in [6.45, 7) is 2.92. The van der Waals surface area contributed by atoms with Gasteiger partial charge in [0.15, 0.2) is 0 Å². The molecular weight excluding hydrogens is 428 g/mol. The maximum atomic E-state index is 14.2. The monoisotopic (exact) mass is 452 g/mol. The largest absolute Gasteiger partial charge is 0.496 e. The Morgan fingerprint density at radius 3 is 2.31 bits per heavy atom. The number of para-hydroxylation sites is 1. The summed E-state index contributed by atoms with van der Waals surface area (Å²) >= 11 is 0. The molecule has 0 aliphatic carbocycles. The fraction of sp³-hybridized carbons (Fsp3) is 0.304. The number of aryl methyl sites for hydroxylation is 2. The van der Waals surface area contributed by atoms with Gasteiger partial charge in [0.2, 0.25) is 0 Å². The van der Waals surface area contributed by atoms with E-state index in [1.54, 1.807) is 19.2 Å². The molecule has 3 rings (SSSR count). The number of carboxylic acid groups (broad SMARTS) is 1. The molecule has 0 saturated heterocycles. The summed E-state index contributed by atoms with van der Waals surface area (Å²) in [6, 6.07) is 14.9. The van der Waals surface area contributed by atoms with E-state index in [2.05, 4.69) is 22.5 Å². The second kappa shape index (κ2) is 11.3. The van der Waals surface area contributed by atoms with E-state index in [1.165, 1.54) is 6.07 Å². The lowest BCUT2D eigenvalue weighted by molar-refractivity contribution is -0.192. The van der Waals surface area contributed by atoms with Gasteiger partial charge in [0, 0.05) is 17.8 Å². The van der Waals surface area contributed by atoms with E-state index < -0.39 is 12.1 Å². The number of imidazole rings is 1. The predicted molar refractivity (Wildman–Crippen MR) is 112 cm³/mol. The van der Waals surface area contributed by atoms with E-state index in [4.69, 9.17) is 14.6 Å². The molecule has 5 nitrogen and oxygen atoms in total. The number of methoxy groups -OCH3 is 1. The van der Waals surface area contributed by atoms with Gasteiger partial charge in [0.1, 0.15) is 11.6 Å². The summed E-state index contributed by atoms with van der Waals surface area (Å²) < 4.78 is 53.5. The van der Waals surface area contributed by atoms with Crippen LogP contribution in [0, 0.1) is 5.82 Å². The third kappa shape index (κ3) is 6.57. The molecule has 1 N–H and O–H groups in total. The molecule has 3 aromatic rings. The van der Waals surface area contributed by atoms with Crippen LogP contribution in [0.1, 0.15) is 24.6 Å². The highest BCUT2D eigenvalue weighted by Crippen LogP contribution is 2.27. The van der Waals surface area contributed by atoms with Crippen LogP contribution < -0.4 is 4.74 Å². The maximum Gasteiger partial charge on any atom is 0.490 e. The minimum atomic E-state index is -5.08. The van der Waals surface area contributed by atoms with Gasteiger partial charge in [-0.3, -0.25) is 0 Å². The number of aromatic nitrogens is 2. The van der Waals surface area contributed by atoms with Gasteiger partial charge in [0.25, 0.3) is 0 Å². The van der Waals surface area contributed by atoms with Crippen LogP contribution in [0.25, 0.3) is 11.3 Å². The third-order valence-corrected chi connectivity index (χ3v) is 4.62. The number of hydrogen-bond donors (Lipinski definition) is 1. The fourth-order valence-electron chi connectivity index (χ4n) is 3.13. The average Bonchev–Trinajstić information content (AvgIpc) is 3.15. The highest BCUT2D eigenvalue weighted by Gasteiger charge is 2.38. The first-order valence-electron chi connectivity index (χ1n) is 9.89. The first-order valence-corrected chi connectivity index (χ1v) is 9.89. The normalized spacial score (nSPS) is 10.9. The Morgan fingerprint density at radius 1 is 1.09 bits per heavy atom. The molecule has 1 heterocycles. The first-order chi connectivity index (χ1) is 15.2. The Morgan fingerprint density at radius 2 is 1.72 bits per heavy atom. The second-order valence-corrected chi connectivity index (χ2v) is 6.83. The van der Waals surface area contributed by atoms with Gasteiger partial charge in [0.05, 0.1) is 19.1 Å². The summed E-state index contributed by atoms with van der Waals surface area (Å²) in [5.74, 6) is -2.09. The number of alkyl halides is 3. The van der Waals surface area contributed by atoms with Crippen LogP contribution in [0.3, 0.4) is 0 Å². The second-order valence-electron chi connectivity index (χ2n) is 6.83. The Balaban J connectivity index is 0.000000451. The molecule has 0 bridgehead atoms. The molecule has 0 amide bonds. The lowest BCUT2D eigenvalue weighted by Crippen LogP contribution is -2.21. The lowest BCUT2D eigenvalue weighted by Gasteiger charge is -2.12. The highest BCUT2D eigenvalue weighted by molar-refractivity contribution is 5.73. The zero-order valence-corrected chi connectivity index (χ0v) is 17.7. The van der Waals surface area contributed by atoms with Crippen LogP contribution in [0.5, 0.6) is 5.75 Å². The van der Waals surface area contributed by atoms with Crippen LogP contribution in [0.15, 0.2) is 54.9 Å². The molecule has 0 saturated carbocycles. The van der Waals surface area contributed by atoms with E-state index in [0.717, 1.165) is 48.5 Å². The molecule has 0 aliphatic rings. The van der Waals surface area contributed by atoms with Gasteiger partial charge in [-0.1, -0.05) is 43.7 Å². The van der Waals surface area contributed by atoms with Crippen molar-refractivity contribution in [1.29, 1.82) is 0 Å². The van der Waals surface area contributed by atoms with Crippen molar-refractivity contribution in [2.75, 3.05) is 7.11 Å². The number of rotatable bonds is 7. The SMILES string of the molecule is CCCc1c(-c2ccccc2F)ncn1CCc1ccccc1OC.O=C(O)C(F)(F)F. The van der Waals surface area contributed by atoms with Gasteiger partial charge in [-0.25, -0.2) is 14.2 Å². The number of halogens is 4. The zero-order chi connectivity index (χ0) is 23.7. The van der Waals surface area contributed by atoms with Crippen molar-refractivity contribution in [2.45, 2.75) is 38.9 Å². The van der Waals surface area contributed by atoms with Gasteiger partial charge < -0.3 is 14.4 Å². The van der Waals surface area contributed by atoms with E-state index in [0.29, 0.717) is 5.56 Å². The molecule has 0 spiro atoms. The van der Waals surface area contributed by atoms with E-state index in [-0.39, 0.29) is 5.82 Å². The Kier molecular flexibility index (Phi) is 8.80. The first kappa shape index (κ1) is 24.9. The minimum Gasteiger partial charge on any atom is -0.496 e. The molecule has 32 heavy (non-hydrogen) atoms. The van der Waals surface area contributed by atoms with Crippen LogP contribution in [-0.4, -0.2) is 33.9 Å². The van der Waals surface area contributed by atoms with Crippen molar-refractivity contribution in [3.8, 4) is 17.0 Å². The Bertz CT molecular complexity index is 1030. The van der Waals surface area contributed by atoms with Gasteiger partial charge in [-0.2, -0.15) is 13.2 Å². The molecule has 0 unspecified atom stereocenters. The lowest BCUT2D eigenvalue weighted by atomic mass is 10.1. The summed E-state index contributed by atoms with van der Waals surface area (Å²) in [4.78, 5) is 13.4. The van der Waals surface area contributed by atoms with Crippen molar-refractivity contribution in [3.63, 3.8) is 0 Å². The molecule has 0 fully saturated rings. The Labute approximate surface area is 183 Å². The third-order valence-electron chi connectivity index (χ3n) is 4.62. The number of carbonyl (C=O) groups is 1. The van der Waals surface area contributed by atoms with Crippen LogP contribution in [0.2, 0.25) is 0 Å². The van der Waals surface area contributed by atoms with Gasteiger partial charge in [-0.05, 0) is 36.6 Å². The van der Waals surface area contributed by atoms with E-state index in [9.17, 15) is 17.6 Å². The molecule has 172 valence electrons. The molecule has 9 heteroatoms. The van der Waals surface area contributed by atoms with Gasteiger partial charge >= 0.3 is 12.1 Å². The average molecular weight is 452 g/mol. The summed E-state index contributed by atoms with van der Waals surface area (Å²) in [6.07, 6.45) is -0.562. The molecule has 1 aromatic heterocycles. The topological polar surface area (TPSA) is 64.4 Å². The zero-order valence-electron chi connectivity index (χ0n) is 17.7. The van der Waals surface area contributed by atoms with Crippen LogP contribution in [0.4, 0.5) is 17.6 Å². The van der Waals surface area contributed by atoms with Crippen LogP contribution >= 0.6 is 0 Å². The smallest absolute Gasteiger partial charge is 0.490 e. The maximum absolute atomic E-state index is 14.2. The number of carboxylic acids is 1. The van der Waals surface area contributed by atoms with Gasteiger partial charge in [-0.15, -0.1) is 0 Å². The Hall–Kier alpha value is -3.36. The van der Waals surface area contributed by atoms with E-state index in [1.807, 2.05) is 30.6 Å². The molecule has 0 aliphatic heterocycles. The number of benzene rings is 2. The summed E-state index contributed by atoms with van der Waals surface area (Å²) in [5, 5.41) is 7.12.